The fourth-order valence-electron chi connectivity index (χ4n) is 2.06. The van der Waals surface area contributed by atoms with Crippen LogP contribution in [0.3, 0.4) is 0 Å². The van der Waals surface area contributed by atoms with Gasteiger partial charge in [0.25, 0.3) is 0 Å². The van der Waals surface area contributed by atoms with Crippen molar-refractivity contribution in [1.82, 2.24) is 0 Å². The van der Waals surface area contributed by atoms with Gasteiger partial charge in [-0.1, -0.05) is 11.6 Å². The first kappa shape index (κ1) is 10.6. The first-order chi connectivity index (χ1) is 7.20. The summed E-state index contributed by atoms with van der Waals surface area (Å²) in [5.74, 6) is 0. The molecular weight excluding hydrogens is 208 g/mol. The highest BCUT2D eigenvalue weighted by Gasteiger charge is 2.15. The maximum Gasteiger partial charge on any atom is 0.0689 e. The maximum atomic E-state index is 6.31. The van der Waals surface area contributed by atoms with Crippen molar-refractivity contribution in [2.24, 2.45) is 0 Å². The zero-order chi connectivity index (χ0) is 10.8. The minimum atomic E-state index is 0.778. The number of benzene rings is 1. The minimum Gasteiger partial charge on any atom is -0.398 e. The third-order valence-electron chi connectivity index (χ3n) is 3.10. The van der Waals surface area contributed by atoms with Crippen LogP contribution in [0.25, 0.3) is 0 Å². The van der Waals surface area contributed by atoms with Crippen LogP contribution in [-0.2, 0) is 0 Å². The summed E-state index contributed by atoms with van der Waals surface area (Å²) in [5, 5.41) is 0.817. The van der Waals surface area contributed by atoms with Gasteiger partial charge in [-0.25, -0.2) is 0 Å². The van der Waals surface area contributed by atoms with E-state index in [0.29, 0.717) is 0 Å². The minimum absolute atomic E-state index is 0.778. The predicted octanol–water partition coefficient (Wildman–Crippen LogP) is 3.22. The summed E-state index contributed by atoms with van der Waals surface area (Å²) in [6, 6.07) is 3.99. The van der Waals surface area contributed by atoms with E-state index < -0.39 is 0 Å². The van der Waals surface area contributed by atoms with E-state index in [2.05, 4.69) is 4.90 Å². The van der Waals surface area contributed by atoms with Gasteiger partial charge in [-0.15, -0.1) is 0 Å². The molecule has 0 amide bonds. The lowest BCUT2D eigenvalue weighted by Gasteiger charge is -2.30. The van der Waals surface area contributed by atoms with Gasteiger partial charge < -0.3 is 10.6 Å². The van der Waals surface area contributed by atoms with Crippen LogP contribution in [0.15, 0.2) is 12.1 Å². The number of hydrogen-bond acceptors (Lipinski definition) is 2. The Kier molecular flexibility index (Phi) is 3.06. The monoisotopic (exact) mass is 224 g/mol. The second-order valence-electron chi connectivity index (χ2n) is 4.16. The SMILES string of the molecule is Cc1c(N)ccc(N2CCCCC2)c1Cl. The topological polar surface area (TPSA) is 29.3 Å². The van der Waals surface area contributed by atoms with Crippen molar-refractivity contribution in [2.75, 3.05) is 23.7 Å². The highest BCUT2D eigenvalue weighted by Crippen LogP contribution is 2.33. The van der Waals surface area contributed by atoms with E-state index in [9.17, 15) is 0 Å². The van der Waals surface area contributed by atoms with E-state index in [4.69, 9.17) is 17.3 Å². The van der Waals surface area contributed by atoms with E-state index in [-0.39, 0.29) is 0 Å². The molecule has 1 fully saturated rings. The maximum absolute atomic E-state index is 6.31. The Morgan fingerprint density at radius 2 is 1.87 bits per heavy atom. The van der Waals surface area contributed by atoms with Gasteiger partial charge in [-0.05, 0) is 43.9 Å². The summed E-state index contributed by atoms with van der Waals surface area (Å²) >= 11 is 6.31. The number of piperidine rings is 1. The molecule has 82 valence electrons. The molecule has 1 aromatic rings. The van der Waals surface area contributed by atoms with Gasteiger partial charge in [0.1, 0.15) is 0 Å². The molecular formula is C12H17ClN2. The van der Waals surface area contributed by atoms with Crippen LogP contribution < -0.4 is 10.6 Å². The Hall–Kier alpha value is -0.890. The largest absolute Gasteiger partial charge is 0.398 e. The van der Waals surface area contributed by atoms with E-state index >= 15 is 0 Å². The second kappa shape index (κ2) is 4.31. The van der Waals surface area contributed by atoms with Gasteiger partial charge in [-0.2, -0.15) is 0 Å². The summed E-state index contributed by atoms with van der Waals surface area (Å²) in [7, 11) is 0. The van der Waals surface area contributed by atoms with E-state index in [1.54, 1.807) is 0 Å². The summed E-state index contributed by atoms with van der Waals surface area (Å²) < 4.78 is 0. The molecule has 1 aliphatic rings. The van der Waals surface area contributed by atoms with Crippen LogP contribution in [0.5, 0.6) is 0 Å². The number of hydrogen-bond donors (Lipinski definition) is 1. The molecule has 1 saturated heterocycles. The Balaban J connectivity index is 2.31. The average Bonchev–Trinajstić information content (AvgIpc) is 2.27. The third-order valence-corrected chi connectivity index (χ3v) is 3.58. The summed E-state index contributed by atoms with van der Waals surface area (Å²) in [6.45, 7) is 4.21. The lowest BCUT2D eigenvalue weighted by Crippen LogP contribution is -2.29. The fourth-order valence-corrected chi connectivity index (χ4v) is 2.36. The molecule has 2 N–H and O–H groups in total. The zero-order valence-corrected chi connectivity index (χ0v) is 9.85. The summed E-state index contributed by atoms with van der Waals surface area (Å²) in [5.41, 5.74) is 8.74. The summed E-state index contributed by atoms with van der Waals surface area (Å²) in [6.07, 6.45) is 3.86. The van der Waals surface area contributed by atoms with Gasteiger partial charge >= 0.3 is 0 Å². The molecule has 0 spiro atoms. The van der Waals surface area contributed by atoms with Crippen LogP contribution in [-0.4, -0.2) is 13.1 Å². The molecule has 3 heteroatoms. The molecule has 0 saturated carbocycles. The van der Waals surface area contributed by atoms with Crippen LogP contribution in [0, 0.1) is 6.92 Å². The Labute approximate surface area is 96.0 Å². The molecule has 2 rings (SSSR count). The van der Waals surface area contributed by atoms with E-state index in [0.717, 1.165) is 35.1 Å². The molecule has 0 aromatic heterocycles. The Bertz CT molecular complexity index is 357. The number of rotatable bonds is 1. The highest BCUT2D eigenvalue weighted by molar-refractivity contribution is 6.34. The van der Waals surface area contributed by atoms with Crippen LogP contribution >= 0.6 is 11.6 Å². The normalized spacial score (nSPS) is 16.8. The van der Waals surface area contributed by atoms with Crippen LogP contribution in [0.1, 0.15) is 24.8 Å². The molecule has 1 aliphatic heterocycles. The molecule has 0 unspecified atom stereocenters. The van der Waals surface area contributed by atoms with Gasteiger partial charge in [0.05, 0.1) is 10.7 Å². The molecule has 1 heterocycles. The van der Waals surface area contributed by atoms with Gasteiger partial charge in [-0.3, -0.25) is 0 Å². The molecule has 0 radical (unpaired) electrons. The van der Waals surface area contributed by atoms with Gasteiger partial charge in [0, 0.05) is 18.8 Å². The van der Waals surface area contributed by atoms with Crippen molar-refractivity contribution >= 4 is 23.0 Å². The lowest BCUT2D eigenvalue weighted by atomic mass is 10.1. The van der Waals surface area contributed by atoms with Gasteiger partial charge in [0.15, 0.2) is 0 Å². The number of nitrogens with zero attached hydrogens (tertiary/aromatic N) is 1. The summed E-state index contributed by atoms with van der Waals surface area (Å²) in [4.78, 5) is 2.36. The number of anilines is 2. The van der Waals surface area contributed by atoms with Crippen LogP contribution in [0.4, 0.5) is 11.4 Å². The number of halogens is 1. The highest BCUT2D eigenvalue weighted by atomic mass is 35.5. The fraction of sp³-hybridized carbons (Fsp3) is 0.500. The van der Waals surface area contributed by atoms with Gasteiger partial charge in [0.2, 0.25) is 0 Å². The second-order valence-corrected chi connectivity index (χ2v) is 4.54. The van der Waals surface area contributed by atoms with Crippen molar-refractivity contribution < 1.29 is 0 Å². The molecule has 1 aromatic carbocycles. The Morgan fingerprint density at radius 3 is 2.53 bits per heavy atom. The average molecular weight is 225 g/mol. The van der Waals surface area contributed by atoms with Crippen molar-refractivity contribution in [3.05, 3.63) is 22.7 Å². The predicted molar refractivity (Wildman–Crippen MR) is 66.7 cm³/mol. The quantitative estimate of drug-likeness (QED) is 0.743. The standard InChI is InChI=1S/C12H17ClN2/c1-9-10(14)5-6-11(12(9)13)15-7-3-2-4-8-15/h5-6H,2-4,7-8,14H2,1H3. The zero-order valence-electron chi connectivity index (χ0n) is 9.09. The molecule has 15 heavy (non-hydrogen) atoms. The first-order valence-corrected chi connectivity index (χ1v) is 5.87. The Morgan fingerprint density at radius 1 is 1.20 bits per heavy atom. The van der Waals surface area contributed by atoms with Crippen molar-refractivity contribution in [1.29, 1.82) is 0 Å². The molecule has 0 bridgehead atoms. The number of nitrogens with two attached hydrogens (primary N) is 1. The molecule has 0 atom stereocenters. The van der Waals surface area contributed by atoms with Crippen LogP contribution in [0.2, 0.25) is 5.02 Å². The lowest BCUT2D eigenvalue weighted by molar-refractivity contribution is 0.578. The van der Waals surface area contributed by atoms with Crippen molar-refractivity contribution in [2.45, 2.75) is 26.2 Å². The van der Waals surface area contributed by atoms with Crippen molar-refractivity contribution in [3.8, 4) is 0 Å². The third kappa shape index (κ3) is 2.05. The van der Waals surface area contributed by atoms with Crippen molar-refractivity contribution in [3.63, 3.8) is 0 Å². The van der Waals surface area contributed by atoms with E-state index in [1.165, 1.54) is 19.3 Å². The smallest absolute Gasteiger partial charge is 0.0689 e. The molecule has 0 aliphatic carbocycles. The first-order valence-electron chi connectivity index (χ1n) is 5.49. The number of nitrogen functional groups attached to an aromatic ring is 1. The van der Waals surface area contributed by atoms with E-state index in [1.807, 2.05) is 19.1 Å². The molecule has 2 nitrogen and oxygen atoms in total.